The molecule has 0 atom stereocenters. The summed E-state index contributed by atoms with van der Waals surface area (Å²) in [4.78, 5) is 25.7. The minimum absolute atomic E-state index is 0.0739. The standard InChI is InChI=1S/C17H13ClF2N2O4/c18-10-5-6-14-12(7-10)22(16(24)9-25-14)8-15(23)21-11-3-1-2-4-13(11)26-17(19)20/h1-7,17H,8-9H2,(H,21,23). The highest BCUT2D eigenvalue weighted by Crippen LogP contribution is 2.34. The van der Waals surface area contributed by atoms with Gasteiger partial charge in [-0.3, -0.25) is 14.5 Å². The maximum absolute atomic E-state index is 12.5. The van der Waals surface area contributed by atoms with Gasteiger partial charge in [-0.1, -0.05) is 23.7 Å². The van der Waals surface area contributed by atoms with Crippen molar-refractivity contribution >= 4 is 34.8 Å². The van der Waals surface area contributed by atoms with E-state index in [1.807, 2.05) is 0 Å². The van der Waals surface area contributed by atoms with E-state index < -0.39 is 18.4 Å². The molecule has 1 N–H and O–H groups in total. The monoisotopic (exact) mass is 382 g/mol. The first-order valence-corrected chi connectivity index (χ1v) is 7.88. The molecule has 0 saturated carbocycles. The Kier molecular flexibility index (Phi) is 5.22. The number of nitrogens with zero attached hydrogens (tertiary/aromatic N) is 1. The van der Waals surface area contributed by atoms with E-state index in [-0.39, 0.29) is 24.6 Å². The zero-order valence-electron chi connectivity index (χ0n) is 13.2. The molecule has 0 aromatic heterocycles. The van der Waals surface area contributed by atoms with E-state index in [1.165, 1.54) is 29.2 Å². The molecule has 1 heterocycles. The summed E-state index contributed by atoms with van der Waals surface area (Å²) >= 11 is 5.94. The maximum atomic E-state index is 12.5. The van der Waals surface area contributed by atoms with Crippen molar-refractivity contribution in [1.29, 1.82) is 0 Å². The van der Waals surface area contributed by atoms with Crippen LogP contribution in [0.1, 0.15) is 0 Å². The van der Waals surface area contributed by atoms with Gasteiger partial charge < -0.3 is 14.8 Å². The van der Waals surface area contributed by atoms with Crippen molar-refractivity contribution in [2.45, 2.75) is 6.61 Å². The fourth-order valence-corrected chi connectivity index (χ4v) is 2.62. The number of fused-ring (bicyclic) bond motifs is 1. The first-order chi connectivity index (χ1) is 12.4. The lowest BCUT2D eigenvalue weighted by atomic mass is 10.2. The van der Waals surface area contributed by atoms with E-state index in [2.05, 4.69) is 10.1 Å². The number of alkyl halides is 2. The second-order valence-corrected chi connectivity index (χ2v) is 5.74. The Hall–Kier alpha value is -2.87. The second kappa shape index (κ2) is 7.57. The van der Waals surface area contributed by atoms with Crippen molar-refractivity contribution in [2.24, 2.45) is 0 Å². The minimum Gasteiger partial charge on any atom is -0.482 e. The summed E-state index contributed by atoms with van der Waals surface area (Å²) in [5.41, 5.74) is 0.436. The van der Waals surface area contributed by atoms with E-state index in [9.17, 15) is 18.4 Å². The normalized spacial score (nSPS) is 13.2. The predicted molar refractivity (Wildman–Crippen MR) is 91.0 cm³/mol. The zero-order valence-corrected chi connectivity index (χ0v) is 14.0. The number of benzene rings is 2. The third-order valence-electron chi connectivity index (χ3n) is 3.54. The Bertz CT molecular complexity index is 847. The van der Waals surface area contributed by atoms with E-state index in [4.69, 9.17) is 16.3 Å². The number of hydrogen-bond donors (Lipinski definition) is 1. The number of halogens is 3. The first kappa shape index (κ1) is 17.9. The Morgan fingerprint density at radius 3 is 2.85 bits per heavy atom. The van der Waals surface area contributed by atoms with E-state index in [0.29, 0.717) is 16.5 Å². The van der Waals surface area contributed by atoms with Gasteiger partial charge in [0.05, 0.1) is 11.4 Å². The van der Waals surface area contributed by atoms with Gasteiger partial charge in [-0.15, -0.1) is 0 Å². The Morgan fingerprint density at radius 2 is 2.08 bits per heavy atom. The van der Waals surface area contributed by atoms with Crippen LogP contribution in [0.5, 0.6) is 11.5 Å². The summed E-state index contributed by atoms with van der Waals surface area (Å²) in [7, 11) is 0. The van der Waals surface area contributed by atoms with Crippen molar-refractivity contribution in [3.05, 3.63) is 47.5 Å². The molecule has 1 aliphatic rings. The first-order valence-electron chi connectivity index (χ1n) is 7.50. The largest absolute Gasteiger partial charge is 0.482 e. The molecule has 2 amide bonds. The van der Waals surface area contributed by atoms with E-state index in [1.54, 1.807) is 18.2 Å². The molecule has 6 nitrogen and oxygen atoms in total. The molecular formula is C17H13ClF2N2O4. The highest BCUT2D eigenvalue weighted by molar-refractivity contribution is 6.31. The van der Waals surface area contributed by atoms with E-state index >= 15 is 0 Å². The van der Waals surface area contributed by atoms with Gasteiger partial charge in [0.25, 0.3) is 5.91 Å². The summed E-state index contributed by atoms with van der Waals surface area (Å²) in [6, 6.07) is 10.5. The molecular weight excluding hydrogens is 370 g/mol. The smallest absolute Gasteiger partial charge is 0.387 e. The zero-order chi connectivity index (χ0) is 18.7. The summed E-state index contributed by atoms with van der Waals surface area (Å²) in [6.45, 7) is -3.58. The Labute approximate surface area is 152 Å². The van der Waals surface area contributed by atoms with Crippen LogP contribution >= 0.6 is 11.6 Å². The maximum Gasteiger partial charge on any atom is 0.387 e. The van der Waals surface area contributed by atoms with Crippen molar-refractivity contribution in [2.75, 3.05) is 23.4 Å². The van der Waals surface area contributed by atoms with Crippen molar-refractivity contribution in [1.82, 2.24) is 0 Å². The molecule has 136 valence electrons. The minimum atomic E-state index is -3.03. The van der Waals surface area contributed by atoms with Gasteiger partial charge >= 0.3 is 6.61 Å². The number of rotatable bonds is 5. The number of para-hydroxylation sites is 2. The molecule has 0 aliphatic carbocycles. The summed E-state index contributed by atoms with van der Waals surface area (Å²) in [5, 5.41) is 2.84. The van der Waals surface area contributed by atoms with E-state index in [0.717, 1.165) is 0 Å². The van der Waals surface area contributed by atoms with Crippen molar-refractivity contribution < 1.29 is 27.8 Å². The summed E-state index contributed by atoms with van der Waals surface area (Å²) in [5.74, 6) is -0.764. The average molecular weight is 383 g/mol. The molecule has 0 bridgehead atoms. The average Bonchev–Trinajstić information content (AvgIpc) is 2.59. The number of nitrogens with one attached hydrogen (secondary N) is 1. The lowest BCUT2D eigenvalue weighted by Crippen LogP contribution is -2.43. The molecule has 0 fully saturated rings. The topological polar surface area (TPSA) is 67.9 Å². The molecule has 0 radical (unpaired) electrons. The Balaban J connectivity index is 1.77. The van der Waals surface area contributed by atoms with Crippen LogP contribution in [0.4, 0.5) is 20.2 Å². The highest BCUT2D eigenvalue weighted by Gasteiger charge is 2.28. The van der Waals surface area contributed by atoms with Crippen LogP contribution < -0.4 is 19.7 Å². The van der Waals surface area contributed by atoms with Gasteiger partial charge in [-0.25, -0.2) is 0 Å². The molecule has 0 spiro atoms. The van der Waals surface area contributed by atoms with Crippen LogP contribution in [0.2, 0.25) is 5.02 Å². The quantitative estimate of drug-likeness (QED) is 0.861. The van der Waals surface area contributed by atoms with Crippen LogP contribution in [0, 0.1) is 0 Å². The van der Waals surface area contributed by atoms with Crippen LogP contribution in [0.25, 0.3) is 0 Å². The van der Waals surface area contributed by atoms with Crippen molar-refractivity contribution in [3.8, 4) is 11.5 Å². The molecule has 3 rings (SSSR count). The van der Waals surface area contributed by atoms with Crippen LogP contribution in [0.3, 0.4) is 0 Å². The van der Waals surface area contributed by atoms with Gasteiger partial charge in [0.1, 0.15) is 18.0 Å². The van der Waals surface area contributed by atoms with Gasteiger partial charge in [-0.2, -0.15) is 8.78 Å². The molecule has 1 aliphatic heterocycles. The van der Waals surface area contributed by atoms with Crippen LogP contribution in [-0.2, 0) is 9.59 Å². The van der Waals surface area contributed by atoms with Gasteiger partial charge in [-0.05, 0) is 30.3 Å². The number of carbonyl (C=O) groups excluding carboxylic acids is 2. The van der Waals surface area contributed by atoms with Crippen LogP contribution in [0.15, 0.2) is 42.5 Å². The molecule has 0 unspecified atom stereocenters. The summed E-state index contributed by atoms with van der Waals surface area (Å²) in [6.07, 6.45) is 0. The number of carbonyl (C=O) groups is 2. The third kappa shape index (κ3) is 4.02. The van der Waals surface area contributed by atoms with Crippen LogP contribution in [-0.4, -0.2) is 31.6 Å². The molecule has 2 aromatic carbocycles. The fraction of sp³-hybridized carbons (Fsp3) is 0.176. The molecule has 0 saturated heterocycles. The lowest BCUT2D eigenvalue weighted by Gasteiger charge is -2.29. The predicted octanol–water partition coefficient (Wildman–Crippen LogP) is 3.31. The molecule has 26 heavy (non-hydrogen) atoms. The van der Waals surface area contributed by atoms with Gasteiger partial charge in [0.15, 0.2) is 6.61 Å². The number of hydrogen-bond acceptors (Lipinski definition) is 4. The highest BCUT2D eigenvalue weighted by atomic mass is 35.5. The second-order valence-electron chi connectivity index (χ2n) is 5.30. The number of ether oxygens (including phenoxy) is 2. The lowest BCUT2D eigenvalue weighted by molar-refractivity contribution is -0.123. The third-order valence-corrected chi connectivity index (χ3v) is 3.78. The molecule has 2 aromatic rings. The Morgan fingerprint density at radius 1 is 1.31 bits per heavy atom. The fourth-order valence-electron chi connectivity index (χ4n) is 2.45. The number of anilines is 2. The summed E-state index contributed by atoms with van der Waals surface area (Å²) < 4.78 is 34.6. The molecule has 9 heteroatoms. The van der Waals surface area contributed by atoms with Gasteiger partial charge in [0.2, 0.25) is 5.91 Å². The van der Waals surface area contributed by atoms with Crippen molar-refractivity contribution in [3.63, 3.8) is 0 Å². The van der Waals surface area contributed by atoms with Gasteiger partial charge in [0, 0.05) is 5.02 Å². The SMILES string of the molecule is O=C(CN1C(=O)COc2ccc(Cl)cc21)Nc1ccccc1OC(F)F. The number of amides is 2.